The van der Waals surface area contributed by atoms with Crippen molar-refractivity contribution in [2.24, 2.45) is 5.92 Å². The van der Waals surface area contributed by atoms with Crippen LogP contribution in [0.5, 0.6) is 0 Å². The minimum atomic E-state index is -0.754. The van der Waals surface area contributed by atoms with Crippen molar-refractivity contribution in [2.75, 3.05) is 0 Å². The second kappa shape index (κ2) is 4.03. The maximum atomic E-state index is 10.6. The van der Waals surface area contributed by atoms with Gasteiger partial charge in [0, 0.05) is 12.4 Å². The number of pyridine rings is 1. The molecule has 3 nitrogen and oxygen atoms in total. The summed E-state index contributed by atoms with van der Waals surface area (Å²) >= 11 is 0. The number of aromatic nitrogens is 1. The van der Waals surface area contributed by atoms with E-state index in [0.717, 1.165) is 11.1 Å². The number of rotatable bonds is 3. The van der Waals surface area contributed by atoms with E-state index in [1.165, 1.54) is 0 Å². The molecule has 0 aliphatic heterocycles. The van der Waals surface area contributed by atoms with Gasteiger partial charge < -0.3 is 5.11 Å². The van der Waals surface area contributed by atoms with Gasteiger partial charge in [0.1, 0.15) is 0 Å². The smallest absolute Gasteiger partial charge is 0.306 e. The van der Waals surface area contributed by atoms with Gasteiger partial charge >= 0.3 is 5.97 Å². The van der Waals surface area contributed by atoms with Gasteiger partial charge in [0.15, 0.2) is 0 Å². The Hall–Kier alpha value is -1.38. The first-order valence-corrected chi connectivity index (χ1v) is 4.23. The third-order valence-electron chi connectivity index (χ3n) is 2.08. The Balaban J connectivity index is 2.74. The molecular weight excluding hydrogens is 166 g/mol. The van der Waals surface area contributed by atoms with Crippen LogP contribution in [0, 0.1) is 12.8 Å². The normalized spacial score (nSPS) is 12.5. The number of hydrogen-bond donors (Lipinski definition) is 1. The van der Waals surface area contributed by atoms with Crippen LogP contribution in [0.25, 0.3) is 0 Å². The van der Waals surface area contributed by atoms with E-state index in [9.17, 15) is 4.79 Å². The van der Waals surface area contributed by atoms with Gasteiger partial charge in [-0.3, -0.25) is 9.78 Å². The van der Waals surface area contributed by atoms with Gasteiger partial charge in [0.25, 0.3) is 0 Å². The van der Waals surface area contributed by atoms with Gasteiger partial charge in [-0.25, -0.2) is 0 Å². The fourth-order valence-electron chi connectivity index (χ4n) is 1.15. The van der Waals surface area contributed by atoms with Crippen molar-refractivity contribution in [3.05, 3.63) is 29.6 Å². The van der Waals surface area contributed by atoms with Crippen molar-refractivity contribution in [1.29, 1.82) is 0 Å². The number of aryl methyl sites for hydroxylation is 1. The summed E-state index contributed by atoms with van der Waals surface area (Å²) in [5.41, 5.74) is 2.11. The second-order valence-corrected chi connectivity index (χ2v) is 3.25. The molecule has 0 saturated heterocycles. The van der Waals surface area contributed by atoms with Crippen molar-refractivity contribution in [3.63, 3.8) is 0 Å². The lowest BCUT2D eigenvalue weighted by atomic mass is 9.99. The molecule has 0 amide bonds. The Kier molecular flexibility index (Phi) is 3.01. The average molecular weight is 179 g/mol. The molecule has 3 heteroatoms. The molecule has 1 atom stereocenters. The SMILES string of the molecule is Cc1cnccc1CC(C)C(=O)O. The zero-order valence-corrected chi connectivity index (χ0v) is 7.82. The monoisotopic (exact) mass is 179 g/mol. The molecule has 1 aromatic rings. The minimum Gasteiger partial charge on any atom is -0.481 e. The van der Waals surface area contributed by atoms with Crippen LogP contribution in [0.4, 0.5) is 0 Å². The van der Waals surface area contributed by atoms with E-state index in [1.807, 2.05) is 13.0 Å². The molecule has 70 valence electrons. The highest BCUT2D eigenvalue weighted by Gasteiger charge is 2.12. The van der Waals surface area contributed by atoms with Gasteiger partial charge in [-0.1, -0.05) is 6.92 Å². The standard InChI is InChI=1S/C10H13NO2/c1-7(10(12)13)5-9-3-4-11-6-8(9)2/h3-4,6-7H,5H2,1-2H3,(H,12,13). The number of carboxylic acid groups (broad SMARTS) is 1. The highest BCUT2D eigenvalue weighted by atomic mass is 16.4. The summed E-state index contributed by atoms with van der Waals surface area (Å²) in [4.78, 5) is 14.5. The van der Waals surface area contributed by atoms with Gasteiger partial charge in [-0.2, -0.15) is 0 Å². The van der Waals surface area contributed by atoms with E-state index < -0.39 is 5.97 Å². The fourth-order valence-corrected chi connectivity index (χ4v) is 1.15. The lowest BCUT2D eigenvalue weighted by Crippen LogP contribution is -2.12. The lowest BCUT2D eigenvalue weighted by Gasteiger charge is -2.07. The molecule has 0 bridgehead atoms. The van der Waals surface area contributed by atoms with Crippen LogP contribution in [-0.2, 0) is 11.2 Å². The van der Waals surface area contributed by atoms with Crippen molar-refractivity contribution in [2.45, 2.75) is 20.3 Å². The molecule has 0 aliphatic rings. The van der Waals surface area contributed by atoms with Crippen LogP contribution < -0.4 is 0 Å². The molecule has 0 saturated carbocycles. The first kappa shape index (κ1) is 9.71. The molecule has 0 spiro atoms. The zero-order valence-electron chi connectivity index (χ0n) is 7.82. The van der Waals surface area contributed by atoms with Crippen LogP contribution in [0.15, 0.2) is 18.5 Å². The third-order valence-corrected chi connectivity index (χ3v) is 2.08. The maximum Gasteiger partial charge on any atom is 0.306 e. The summed E-state index contributed by atoms with van der Waals surface area (Å²) in [5, 5.41) is 8.72. The van der Waals surface area contributed by atoms with Crippen molar-refractivity contribution >= 4 is 5.97 Å². The Bertz CT molecular complexity index is 310. The van der Waals surface area contributed by atoms with Crippen LogP contribution in [0.3, 0.4) is 0 Å². The number of nitrogens with zero attached hydrogens (tertiary/aromatic N) is 1. The fraction of sp³-hybridized carbons (Fsp3) is 0.400. The predicted molar refractivity (Wildman–Crippen MR) is 49.5 cm³/mol. The topological polar surface area (TPSA) is 50.2 Å². The van der Waals surface area contributed by atoms with E-state index in [0.29, 0.717) is 6.42 Å². The minimum absolute atomic E-state index is 0.332. The van der Waals surface area contributed by atoms with Gasteiger partial charge in [0.2, 0.25) is 0 Å². The summed E-state index contributed by atoms with van der Waals surface area (Å²) in [7, 11) is 0. The van der Waals surface area contributed by atoms with Crippen molar-refractivity contribution < 1.29 is 9.90 Å². The van der Waals surface area contributed by atoms with Crippen LogP contribution in [0.1, 0.15) is 18.1 Å². The Morgan fingerprint density at radius 3 is 2.92 bits per heavy atom. The molecule has 0 fully saturated rings. The molecule has 0 radical (unpaired) electrons. The number of carboxylic acids is 1. The third kappa shape index (κ3) is 2.54. The van der Waals surface area contributed by atoms with Gasteiger partial charge in [0.05, 0.1) is 5.92 Å². The van der Waals surface area contributed by atoms with E-state index in [2.05, 4.69) is 4.98 Å². The van der Waals surface area contributed by atoms with E-state index in [4.69, 9.17) is 5.11 Å². The first-order valence-electron chi connectivity index (χ1n) is 4.23. The number of aliphatic carboxylic acids is 1. The van der Waals surface area contributed by atoms with Crippen LogP contribution in [-0.4, -0.2) is 16.1 Å². The Labute approximate surface area is 77.4 Å². The number of hydrogen-bond acceptors (Lipinski definition) is 2. The first-order chi connectivity index (χ1) is 6.11. The summed E-state index contributed by atoms with van der Waals surface area (Å²) < 4.78 is 0. The summed E-state index contributed by atoms with van der Waals surface area (Å²) in [6.45, 7) is 3.65. The molecule has 0 aliphatic carbocycles. The highest BCUT2D eigenvalue weighted by molar-refractivity contribution is 5.69. The molecule has 0 aromatic carbocycles. The zero-order chi connectivity index (χ0) is 9.84. The van der Waals surface area contributed by atoms with E-state index in [-0.39, 0.29) is 5.92 Å². The molecule has 1 unspecified atom stereocenters. The van der Waals surface area contributed by atoms with Gasteiger partial charge in [-0.05, 0) is 30.5 Å². The molecule has 1 aromatic heterocycles. The quantitative estimate of drug-likeness (QED) is 0.767. The molecular formula is C10H13NO2. The van der Waals surface area contributed by atoms with Crippen molar-refractivity contribution in [3.8, 4) is 0 Å². The van der Waals surface area contributed by atoms with Gasteiger partial charge in [-0.15, -0.1) is 0 Å². The maximum absolute atomic E-state index is 10.6. The summed E-state index contributed by atoms with van der Waals surface area (Å²) in [6.07, 6.45) is 4.02. The van der Waals surface area contributed by atoms with Crippen LogP contribution in [0.2, 0.25) is 0 Å². The average Bonchev–Trinajstić information content (AvgIpc) is 2.08. The molecule has 1 N–H and O–H groups in total. The lowest BCUT2D eigenvalue weighted by molar-refractivity contribution is -0.141. The van der Waals surface area contributed by atoms with Crippen molar-refractivity contribution in [1.82, 2.24) is 4.98 Å². The second-order valence-electron chi connectivity index (χ2n) is 3.25. The predicted octanol–water partition coefficient (Wildman–Crippen LogP) is 1.65. The summed E-state index contributed by atoms with van der Waals surface area (Å²) in [6, 6.07) is 1.87. The molecule has 1 heterocycles. The highest BCUT2D eigenvalue weighted by Crippen LogP contribution is 2.11. The Morgan fingerprint density at radius 1 is 1.69 bits per heavy atom. The Morgan fingerprint density at radius 2 is 2.38 bits per heavy atom. The largest absolute Gasteiger partial charge is 0.481 e. The summed E-state index contributed by atoms with van der Waals surface area (Å²) in [5.74, 6) is -1.09. The molecule has 13 heavy (non-hydrogen) atoms. The number of carbonyl (C=O) groups is 1. The van der Waals surface area contributed by atoms with E-state index >= 15 is 0 Å². The molecule has 1 rings (SSSR count). The van der Waals surface area contributed by atoms with E-state index in [1.54, 1.807) is 19.3 Å². The van der Waals surface area contributed by atoms with Crippen LogP contribution >= 0.6 is 0 Å².